The van der Waals surface area contributed by atoms with Gasteiger partial charge in [-0.05, 0) is 49.9 Å². The Labute approximate surface area is 102 Å². The van der Waals surface area contributed by atoms with Crippen molar-refractivity contribution in [1.29, 1.82) is 0 Å². The predicted octanol–water partition coefficient (Wildman–Crippen LogP) is 2.43. The lowest BCUT2D eigenvalue weighted by molar-refractivity contribution is -0.168. The van der Waals surface area contributed by atoms with Crippen LogP contribution in [0.15, 0.2) is 0 Å². The number of hydrogen-bond acceptors (Lipinski definition) is 2. The molecule has 0 heterocycles. The van der Waals surface area contributed by atoms with Gasteiger partial charge in [0.2, 0.25) is 0 Å². The first-order valence-electron chi connectivity index (χ1n) is 7.00. The van der Waals surface area contributed by atoms with E-state index in [0.29, 0.717) is 18.8 Å². The van der Waals surface area contributed by atoms with E-state index in [1.54, 1.807) is 0 Å². The summed E-state index contributed by atoms with van der Waals surface area (Å²) in [6.07, 6.45) is 6.75. The van der Waals surface area contributed by atoms with Crippen molar-refractivity contribution in [3.8, 4) is 0 Å². The Hall–Kier alpha value is -0.570. The van der Waals surface area contributed by atoms with Gasteiger partial charge in [0.1, 0.15) is 0 Å². The van der Waals surface area contributed by atoms with Crippen molar-refractivity contribution in [2.24, 2.45) is 23.2 Å². The molecular weight excluding hydrogens is 216 g/mol. The van der Waals surface area contributed by atoms with Crippen LogP contribution in [0, 0.1) is 23.2 Å². The molecule has 0 aromatic rings. The molecule has 0 saturated heterocycles. The fourth-order valence-electron chi connectivity index (χ4n) is 5.42. The molecule has 3 aliphatic rings. The molecule has 0 aromatic carbocycles. The highest BCUT2D eigenvalue weighted by atomic mass is 16.4. The lowest BCUT2D eigenvalue weighted by Crippen LogP contribution is -2.50. The average Bonchev–Trinajstić information content (AvgIpc) is 2.75. The molecule has 3 heteroatoms. The fraction of sp³-hybridized carbons (Fsp3) is 0.929. The smallest absolute Gasteiger partial charge is 0.312 e. The van der Waals surface area contributed by atoms with Crippen LogP contribution in [-0.2, 0) is 4.79 Å². The second-order valence-corrected chi connectivity index (χ2v) is 6.40. The van der Waals surface area contributed by atoms with Crippen LogP contribution in [0.3, 0.4) is 0 Å². The minimum Gasteiger partial charge on any atom is -0.481 e. The maximum atomic E-state index is 11.8. The molecular formula is C14H22O3. The third kappa shape index (κ3) is 1.14. The summed E-state index contributed by atoms with van der Waals surface area (Å²) in [4.78, 5) is 11.8. The summed E-state index contributed by atoms with van der Waals surface area (Å²) in [5.41, 5.74) is -1.75. The van der Waals surface area contributed by atoms with Crippen LogP contribution in [0.1, 0.15) is 51.9 Å². The Morgan fingerprint density at radius 2 is 1.88 bits per heavy atom. The highest BCUT2D eigenvalue weighted by molar-refractivity contribution is 5.78. The number of carbonyl (C=O) groups is 1. The van der Waals surface area contributed by atoms with E-state index in [2.05, 4.69) is 6.92 Å². The number of aliphatic hydroxyl groups is 1. The van der Waals surface area contributed by atoms with Gasteiger partial charge >= 0.3 is 5.97 Å². The number of hydrogen-bond donors (Lipinski definition) is 2. The summed E-state index contributed by atoms with van der Waals surface area (Å²) in [6.45, 7) is 2.07. The van der Waals surface area contributed by atoms with Crippen LogP contribution in [0.2, 0.25) is 0 Å². The van der Waals surface area contributed by atoms with Crippen molar-refractivity contribution in [3.05, 3.63) is 0 Å². The molecule has 0 radical (unpaired) electrons. The highest BCUT2D eigenvalue weighted by Crippen LogP contribution is 2.67. The molecule has 0 spiro atoms. The second-order valence-electron chi connectivity index (χ2n) is 6.40. The standard InChI is InChI=1S/C14H22O3/c1-9-10-5-2-3-6-11(10)14(17)8-4-7-13(9,14)12(15)16/h9-11,17H,2-8H2,1H3,(H,15,16)/t9-,10-,11+,13-,14-/m0/s1. The van der Waals surface area contributed by atoms with Crippen LogP contribution in [0.4, 0.5) is 0 Å². The maximum Gasteiger partial charge on any atom is 0.312 e. The zero-order valence-corrected chi connectivity index (χ0v) is 10.5. The third-order valence-corrected chi connectivity index (χ3v) is 6.14. The molecule has 3 fully saturated rings. The SMILES string of the molecule is C[C@H]1[C@@H]2CCCC[C@H]2[C@@]2(O)CCC[C@@]12C(=O)O. The van der Waals surface area contributed by atoms with Crippen LogP contribution >= 0.6 is 0 Å². The lowest BCUT2D eigenvalue weighted by Gasteiger charge is -2.38. The Morgan fingerprint density at radius 3 is 2.59 bits per heavy atom. The average molecular weight is 238 g/mol. The molecule has 0 amide bonds. The first-order valence-corrected chi connectivity index (χ1v) is 7.00. The predicted molar refractivity (Wildman–Crippen MR) is 63.5 cm³/mol. The Kier molecular flexibility index (Phi) is 2.35. The number of rotatable bonds is 1. The highest BCUT2D eigenvalue weighted by Gasteiger charge is 2.72. The molecule has 0 bridgehead atoms. The summed E-state index contributed by atoms with van der Waals surface area (Å²) < 4.78 is 0. The molecule has 5 atom stereocenters. The Morgan fingerprint density at radius 1 is 1.18 bits per heavy atom. The van der Waals surface area contributed by atoms with Gasteiger partial charge in [-0.25, -0.2) is 0 Å². The molecule has 2 N–H and O–H groups in total. The minimum atomic E-state index is -0.913. The van der Waals surface area contributed by atoms with E-state index in [9.17, 15) is 15.0 Å². The molecule has 0 unspecified atom stereocenters. The summed E-state index contributed by atoms with van der Waals surface area (Å²) in [7, 11) is 0. The third-order valence-electron chi connectivity index (χ3n) is 6.14. The lowest BCUT2D eigenvalue weighted by atomic mass is 9.70. The van der Waals surface area contributed by atoms with Gasteiger partial charge in [-0.3, -0.25) is 4.79 Å². The van der Waals surface area contributed by atoms with Gasteiger partial charge in [-0.15, -0.1) is 0 Å². The van der Waals surface area contributed by atoms with E-state index < -0.39 is 17.0 Å². The molecule has 17 heavy (non-hydrogen) atoms. The van der Waals surface area contributed by atoms with Gasteiger partial charge in [0.15, 0.2) is 0 Å². The minimum absolute atomic E-state index is 0.137. The zero-order chi connectivity index (χ0) is 12.3. The Bertz CT molecular complexity index is 353. The van der Waals surface area contributed by atoms with Gasteiger partial charge in [-0.2, -0.15) is 0 Å². The molecule has 3 saturated carbocycles. The molecule has 96 valence electrons. The van der Waals surface area contributed by atoms with Crippen LogP contribution in [0.5, 0.6) is 0 Å². The van der Waals surface area contributed by atoms with E-state index in [1.807, 2.05) is 0 Å². The van der Waals surface area contributed by atoms with Crippen molar-refractivity contribution < 1.29 is 15.0 Å². The van der Waals surface area contributed by atoms with Gasteiger partial charge < -0.3 is 10.2 Å². The van der Waals surface area contributed by atoms with Gasteiger partial charge in [0, 0.05) is 0 Å². The Balaban J connectivity index is 2.09. The largest absolute Gasteiger partial charge is 0.481 e. The van der Waals surface area contributed by atoms with E-state index in [-0.39, 0.29) is 11.8 Å². The number of carboxylic acids is 1. The summed E-state index contributed by atoms with van der Waals surface area (Å²) in [5.74, 6) is 0.0622. The molecule has 0 aromatic heterocycles. The first kappa shape index (κ1) is 11.5. The first-order chi connectivity index (χ1) is 8.04. The van der Waals surface area contributed by atoms with Gasteiger partial charge in [0.25, 0.3) is 0 Å². The normalized spacial score (nSPS) is 53.2. The number of carboxylic acid groups (broad SMARTS) is 1. The van der Waals surface area contributed by atoms with Gasteiger partial charge in [0.05, 0.1) is 11.0 Å². The van der Waals surface area contributed by atoms with E-state index >= 15 is 0 Å². The molecule has 3 nitrogen and oxygen atoms in total. The van der Waals surface area contributed by atoms with Crippen molar-refractivity contribution in [2.45, 2.75) is 57.5 Å². The number of aliphatic carboxylic acids is 1. The molecule has 3 aliphatic carbocycles. The van der Waals surface area contributed by atoms with Crippen molar-refractivity contribution in [3.63, 3.8) is 0 Å². The van der Waals surface area contributed by atoms with Crippen molar-refractivity contribution in [2.75, 3.05) is 0 Å². The zero-order valence-electron chi connectivity index (χ0n) is 10.5. The van der Waals surface area contributed by atoms with Crippen LogP contribution in [0.25, 0.3) is 0 Å². The second kappa shape index (κ2) is 3.47. The molecule has 3 rings (SSSR count). The monoisotopic (exact) mass is 238 g/mol. The summed E-state index contributed by atoms with van der Waals surface area (Å²) in [5, 5.41) is 20.7. The van der Waals surface area contributed by atoms with E-state index in [4.69, 9.17) is 0 Å². The van der Waals surface area contributed by atoms with Crippen molar-refractivity contribution >= 4 is 5.97 Å². The summed E-state index contributed by atoms with van der Waals surface area (Å²) in [6, 6.07) is 0. The quantitative estimate of drug-likeness (QED) is 0.737. The maximum absolute atomic E-state index is 11.8. The van der Waals surface area contributed by atoms with Crippen LogP contribution < -0.4 is 0 Å². The van der Waals surface area contributed by atoms with E-state index in [1.165, 1.54) is 6.42 Å². The van der Waals surface area contributed by atoms with E-state index in [0.717, 1.165) is 25.7 Å². The molecule has 0 aliphatic heterocycles. The topological polar surface area (TPSA) is 57.5 Å². The summed E-state index contributed by atoms with van der Waals surface area (Å²) >= 11 is 0. The van der Waals surface area contributed by atoms with Crippen LogP contribution in [-0.4, -0.2) is 21.8 Å². The van der Waals surface area contributed by atoms with Crippen molar-refractivity contribution in [1.82, 2.24) is 0 Å². The fourth-order valence-corrected chi connectivity index (χ4v) is 5.42. The number of fused-ring (bicyclic) bond motifs is 3. The van der Waals surface area contributed by atoms with Gasteiger partial charge in [-0.1, -0.05) is 19.8 Å².